The summed E-state index contributed by atoms with van der Waals surface area (Å²) < 4.78 is 0. The fraction of sp³-hybridized carbons (Fsp3) is 0.136. The first-order valence-electron chi connectivity index (χ1n) is 9.00. The van der Waals surface area contributed by atoms with E-state index in [2.05, 4.69) is 51.4 Å². The summed E-state index contributed by atoms with van der Waals surface area (Å²) in [6, 6.07) is 16.7. The Labute approximate surface area is 156 Å². The zero-order valence-electron chi connectivity index (χ0n) is 14.6. The number of carbonyl (C=O) groups excluding carboxylic acids is 1. The summed E-state index contributed by atoms with van der Waals surface area (Å²) in [5, 5.41) is 1.18. The number of nitrogen functional groups attached to an aromatic ring is 1. The minimum atomic E-state index is 0.0738. The van der Waals surface area contributed by atoms with E-state index in [1.54, 1.807) is 6.20 Å². The molecule has 0 amide bonds. The van der Waals surface area contributed by atoms with Gasteiger partial charge in [-0.1, -0.05) is 36.4 Å². The van der Waals surface area contributed by atoms with Crippen LogP contribution in [-0.2, 0) is 6.42 Å². The fourth-order valence-electron chi connectivity index (χ4n) is 4.10. The second-order valence-electron chi connectivity index (χ2n) is 6.95. The van der Waals surface area contributed by atoms with Crippen LogP contribution in [0.25, 0.3) is 22.0 Å². The molecule has 0 saturated heterocycles. The van der Waals surface area contributed by atoms with E-state index < -0.39 is 0 Å². The molecule has 1 aliphatic rings. The highest BCUT2D eigenvalue weighted by Crippen LogP contribution is 2.39. The molecule has 1 atom stereocenters. The van der Waals surface area contributed by atoms with Crippen LogP contribution in [0.4, 0.5) is 5.95 Å². The lowest BCUT2D eigenvalue weighted by molar-refractivity contribution is 0.0963. The van der Waals surface area contributed by atoms with Crippen LogP contribution in [-0.4, -0.2) is 20.7 Å². The predicted octanol–water partition coefficient (Wildman–Crippen LogP) is 4.12. The molecular weight excluding hydrogens is 336 g/mol. The van der Waals surface area contributed by atoms with Crippen molar-refractivity contribution in [2.45, 2.75) is 18.8 Å². The van der Waals surface area contributed by atoms with Gasteiger partial charge in [0.1, 0.15) is 0 Å². The van der Waals surface area contributed by atoms with Crippen LogP contribution in [0.2, 0.25) is 0 Å². The highest BCUT2D eigenvalue weighted by atomic mass is 16.1. The zero-order valence-corrected chi connectivity index (χ0v) is 14.6. The summed E-state index contributed by atoms with van der Waals surface area (Å²) in [6.45, 7) is 0. The number of ketones is 1. The number of aromatic nitrogens is 3. The van der Waals surface area contributed by atoms with Crippen molar-refractivity contribution in [2.24, 2.45) is 0 Å². The Hall–Kier alpha value is -3.47. The van der Waals surface area contributed by atoms with Gasteiger partial charge in [-0.2, -0.15) is 0 Å². The molecule has 3 N–H and O–H groups in total. The van der Waals surface area contributed by atoms with Crippen molar-refractivity contribution in [3.63, 3.8) is 0 Å². The highest BCUT2D eigenvalue weighted by molar-refractivity contribution is 5.99. The van der Waals surface area contributed by atoms with Gasteiger partial charge in [0.05, 0.1) is 11.3 Å². The minimum Gasteiger partial charge on any atom is -0.368 e. The van der Waals surface area contributed by atoms with E-state index in [9.17, 15) is 4.79 Å². The molecule has 2 aromatic carbocycles. The number of hydrogen-bond acceptors (Lipinski definition) is 4. The summed E-state index contributed by atoms with van der Waals surface area (Å²) in [7, 11) is 0. The maximum absolute atomic E-state index is 12.7. The molecule has 132 valence electrons. The van der Waals surface area contributed by atoms with Crippen LogP contribution in [0.3, 0.4) is 0 Å². The quantitative estimate of drug-likeness (QED) is 0.567. The average Bonchev–Trinajstić information content (AvgIpc) is 3.16. The molecule has 0 spiro atoms. The largest absolute Gasteiger partial charge is 0.368 e. The van der Waals surface area contributed by atoms with Gasteiger partial charge in [0.15, 0.2) is 5.78 Å². The topological polar surface area (TPSA) is 84.7 Å². The number of hydrogen-bond donors (Lipinski definition) is 2. The van der Waals surface area contributed by atoms with Crippen molar-refractivity contribution in [1.82, 2.24) is 15.0 Å². The fourth-order valence-corrected chi connectivity index (χ4v) is 4.10. The number of nitrogens with one attached hydrogen (secondary N) is 1. The number of rotatable bonds is 2. The molecule has 0 saturated carbocycles. The van der Waals surface area contributed by atoms with Crippen LogP contribution in [0.5, 0.6) is 0 Å². The van der Waals surface area contributed by atoms with Gasteiger partial charge in [0, 0.05) is 29.7 Å². The molecule has 1 aliphatic carbocycles. The molecule has 0 fully saturated rings. The van der Waals surface area contributed by atoms with Gasteiger partial charge >= 0.3 is 0 Å². The van der Waals surface area contributed by atoms with Gasteiger partial charge in [-0.3, -0.25) is 4.79 Å². The molecule has 27 heavy (non-hydrogen) atoms. The standard InChI is InChI=1S/C22H18N4O/c23-22-25-12-18-20(26-22)10-13(11-21(18)27)14-4-1-2-5-15(14)16-6-3-7-19-17(16)8-9-24-19/h1-9,12-13,24H,10-11H2,(H2,23,25,26). The molecular formula is C22H18N4O. The van der Waals surface area contributed by atoms with Gasteiger partial charge < -0.3 is 10.7 Å². The van der Waals surface area contributed by atoms with Crippen LogP contribution < -0.4 is 5.73 Å². The molecule has 5 nitrogen and oxygen atoms in total. The molecule has 4 aromatic rings. The number of Topliss-reactive ketones (excluding diaryl/α,β-unsaturated/α-hetero) is 1. The number of nitrogens with two attached hydrogens (primary N) is 1. The Morgan fingerprint density at radius 1 is 0.963 bits per heavy atom. The number of benzene rings is 2. The molecule has 2 heterocycles. The van der Waals surface area contributed by atoms with E-state index in [1.165, 1.54) is 16.5 Å². The predicted molar refractivity (Wildman–Crippen MR) is 106 cm³/mol. The van der Waals surface area contributed by atoms with E-state index in [1.807, 2.05) is 18.3 Å². The Bertz CT molecular complexity index is 1180. The van der Waals surface area contributed by atoms with Crippen LogP contribution in [0, 0.1) is 0 Å². The van der Waals surface area contributed by atoms with Gasteiger partial charge in [-0.15, -0.1) is 0 Å². The van der Waals surface area contributed by atoms with E-state index in [0.29, 0.717) is 18.4 Å². The second-order valence-corrected chi connectivity index (χ2v) is 6.95. The van der Waals surface area contributed by atoms with Crippen molar-refractivity contribution in [1.29, 1.82) is 0 Å². The average molecular weight is 354 g/mol. The number of anilines is 1. The summed E-state index contributed by atoms with van der Waals surface area (Å²) >= 11 is 0. The summed E-state index contributed by atoms with van der Waals surface area (Å²) in [6.07, 6.45) is 4.66. The normalized spacial score (nSPS) is 16.4. The Balaban J connectivity index is 1.63. The van der Waals surface area contributed by atoms with Crippen molar-refractivity contribution >= 4 is 22.6 Å². The maximum Gasteiger partial charge on any atom is 0.220 e. The molecule has 0 aliphatic heterocycles. The number of nitrogens with zero attached hydrogens (tertiary/aromatic N) is 2. The minimum absolute atomic E-state index is 0.0738. The van der Waals surface area contributed by atoms with Gasteiger partial charge in [-0.25, -0.2) is 9.97 Å². The Morgan fingerprint density at radius 3 is 2.74 bits per heavy atom. The molecule has 0 bridgehead atoms. The lowest BCUT2D eigenvalue weighted by Crippen LogP contribution is -2.21. The third-order valence-electron chi connectivity index (χ3n) is 5.34. The van der Waals surface area contributed by atoms with Crippen molar-refractivity contribution in [2.75, 3.05) is 5.73 Å². The lowest BCUT2D eigenvalue weighted by Gasteiger charge is -2.25. The van der Waals surface area contributed by atoms with E-state index in [0.717, 1.165) is 16.8 Å². The van der Waals surface area contributed by atoms with E-state index in [-0.39, 0.29) is 17.6 Å². The van der Waals surface area contributed by atoms with Crippen molar-refractivity contribution in [3.05, 3.63) is 77.7 Å². The lowest BCUT2D eigenvalue weighted by atomic mass is 9.79. The molecule has 1 unspecified atom stereocenters. The maximum atomic E-state index is 12.7. The van der Waals surface area contributed by atoms with Crippen molar-refractivity contribution < 1.29 is 4.79 Å². The SMILES string of the molecule is Nc1ncc2c(n1)CC(c1ccccc1-c1cccc3[nH]ccc13)CC2=O. The van der Waals surface area contributed by atoms with Crippen LogP contribution >= 0.6 is 0 Å². The van der Waals surface area contributed by atoms with Gasteiger partial charge in [-0.05, 0) is 41.2 Å². The number of H-pyrrole nitrogens is 1. The number of aromatic amines is 1. The van der Waals surface area contributed by atoms with E-state index in [4.69, 9.17) is 5.73 Å². The smallest absolute Gasteiger partial charge is 0.220 e. The molecule has 5 heteroatoms. The summed E-state index contributed by atoms with van der Waals surface area (Å²) in [4.78, 5) is 24.2. The second kappa shape index (κ2) is 6.06. The van der Waals surface area contributed by atoms with Gasteiger partial charge in [0.25, 0.3) is 0 Å². The molecule has 5 rings (SSSR count). The third-order valence-corrected chi connectivity index (χ3v) is 5.34. The summed E-state index contributed by atoms with van der Waals surface area (Å²) in [5.41, 5.74) is 11.7. The highest BCUT2D eigenvalue weighted by Gasteiger charge is 2.29. The number of fused-ring (bicyclic) bond motifs is 2. The third kappa shape index (κ3) is 2.59. The first-order valence-corrected chi connectivity index (χ1v) is 9.00. The Morgan fingerprint density at radius 2 is 1.81 bits per heavy atom. The van der Waals surface area contributed by atoms with Gasteiger partial charge in [0.2, 0.25) is 5.95 Å². The molecule has 0 radical (unpaired) electrons. The van der Waals surface area contributed by atoms with Crippen LogP contribution in [0.15, 0.2) is 60.9 Å². The summed E-state index contributed by atoms with van der Waals surface area (Å²) in [5.74, 6) is 0.369. The van der Waals surface area contributed by atoms with E-state index >= 15 is 0 Å². The number of carbonyl (C=O) groups is 1. The molecule has 2 aromatic heterocycles. The Kier molecular flexibility index (Phi) is 3.53. The monoisotopic (exact) mass is 354 g/mol. The van der Waals surface area contributed by atoms with Crippen LogP contribution in [0.1, 0.15) is 34.0 Å². The first-order chi connectivity index (χ1) is 13.2. The van der Waals surface area contributed by atoms with Crippen molar-refractivity contribution in [3.8, 4) is 11.1 Å². The zero-order chi connectivity index (χ0) is 18.4. The first kappa shape index (κ1) is 15.8.